The van der Waals surface area contributed by atoms with Crippen LogP contribution in [-0.4, -0.2) is 24.5 Å². The zero-order valence-electron chi connectivity index (χ0n) is 12.3. The molecule has 0 radical (unpaired) electrons. The number of nitrogens with one attached hydrogen (secondary N) is 2. The van der Waals surface area contributed by atoms with Crippen LogP contribution in [0.25, 0.3) is 0 Å². The molecule has 0 spiro atoms. The van der Waals surface area contributed by atoms with Crippen LogP contribution in [0, 0.1) is 0 Å². The van der Waals surface area contributed by atoms with Crippen molar-refractivity contribution in [3.05, 3.63) is 22.4 Å². The molecule has 0 fully saturated rings. The highest BCUT2D eigenvalue weighted by atomic mass is 32.1. The molecule has 3 amide bonds. The van der Waals surface area contributed by atoms with Crippen LogP contribution in [-0.2, 0) is 4.79 Å². The van der Waals surface area contributed by atoms with E-state index in [0.29, 0.717) is 6.54 Å². The zero-order valence-corrected chi connectivity index (χ0v) is 13.1. The van der Waals surface area contributed by atoms with Gasteiger partial charge in [-0.05, 0) is 17.9 Å². The number of hydrogen-bond donors (Lipinski definition) is 4. The van der Waals surface area contributed by atoms with Crippen molar-refractivity contribution in [2.45, 2.75) is 44.7 Å². The first kappa shape index (κ1) is 17.5. The highest BCUT2D eigenvalue weighted by Gasteiger charge is 2.19. The summed E-state index contributed by atoms with van der Waals surface area (Å²) in [7, 11) is 0. The Labute approximate surface area is 129 Å². The molecule has 7 heteroatoms. The predicted octanol–water partition coefficient (Wildman–Crippen LogP) is 1.48. The second-order valence-electron chi connectivity index (χ2n) is 4.92. The summed E-state index contributed by atoms with van der Waals surface area (Å²) in [5.41, 5.74) is 10.8. The van der Waals surface area contributed by atoms with Gasteiger partial charge in [-0.3, -0.25) is 4.79 Å². The van der Waals surface area contributed by atoms with Gasteiger partial charge in [0.2, 0.25) is 5.91 Å². The zero-order chi connectivity index (χ0) is 15.7. The van der Waals surface area contributed by atoms with E-state index < -0.39 is 12.1 Å². The summed E-state index contributed by atoms with van der Waals surface area (Å²) < 4.78 is 0. The molecular formula is C14H24N4O2S. The summed E-state index contributed by atoms with van der Waals surface area (Å²) in [5.74, 6) is -0.131. The van der Waals surface area contributed by atoms with Gasteiger partial charge in [-0.25, -0.2) is 4.79 Å². The van der Waals surface area contributed by atoms with Gasteiger partial charge >= 0.3 is 6.03 Å². The minimum atomic E-state index is -0.637. The maximum Gasteiger partial charge on any atom is 0.312 e. The summed E-state index contributed by atoms with van der Waals surface area (Å²) in [5, 5.41) is 7.42. The maximum absolute atomic E-state index is 12.1. The van der Waals surface area contributed by atoms with E-state index in [1.54, 1.807) is 0 Å². The van der Waals surface area contributed by atoms with E-state index in [2.05, 4.69) is 17.6 Å². The molecule has 1 heterocycles. The second-order valence-corrected chi connectivity index (χ2v) is 5.90. The van der Waals surface area contributed by atoms with Gasteiger partial charge in [-0.15, -0.1) is 11.3 Å². The summed E-state index contributed by atoms with van der Waals surface area (Å²) in [6.07, 6.45) is 3.11. The van der Waals surface area contributed by atoms with E-state index in [4.69, 9.17) is 11.5 Å². The van der Waals surface area contributed by atoms with Gasteiger partial charge in [0, 0.05) is 17.5 Å². The van der Waals surface area contributed by atoms with Crippen molar-refractivity contribution >= 4 is 23.3 Å². The van der Waals surface area contributed by atoms with Crippen LogP contribution in [0.1, 0.15) is 43.5 Å². The first-order valence-electron chi connectivity index (χ1n) is 7.15. The number of hydrogen-bond acceptors (Lipinski definition) is 4. The number of carbonyl (C=O) groups excluding carboxylic acids is 2. The molecule has 6 N–H and O–H groups in total. The molecular weight excluding hydrogens is 288 g/mol. The molecule has 2 unspecified atom stereocenters. The molecule has 0 bridgehead atoms. The van der Waals surface area contributed by atoms with Gasteiger partial charge in [0.1, 0.15) is 0 Å². The Morgan fingerprint density at radius 3 is 2.67 bits per heavy atom. The second kappa shape index (κ2) is 9.36. The van der Waals surface area contributed by atoms with Crippen LogP contribution < -0.4 is 22.1 Å². The normalized spacial score (nSPS) is 13.4. The number of carbonyl (C=O) groups is 2. The lowest BCUT2D eigenvalue weighted by atomic mass is 10.1. The molecule has 6 nitrogen and oxygen atoms in total. The monoisotopic (exact) mass is 312 g/mol. The van der Waals surface area contributed by atoms with Crippen molar-refractivity contribution in [1.82, 2.24) is 10.6 Å². The van der Waals surface area contributed by atoms with E-state index >= 15 is 0 Å². The fourth-order valence-electron chi connectivity index (χ4n) is 2.06. The number of rotatable bonds is 9. The lowest BCUT2D eigenvalue weighted by Crippen LogP contribution is -2.42. The average Bonchev–Trinajstić information content (AvgIpc) is 2.96. The molecule has 0 saturated heterocycles. The van der Waals surface area contributed by atoms with Crippen molar-refractivity contribution in [3.63, 3.8) is 0 Å². The van der Waals surface area contributed by atoms with Gasteiger partial charge < -0.3 is 22.1 Å². The highest BCUT2D eigenvalue weighted by Crippen LogP contribution is 2.21. The van der Waals surface area contributed by atoms with Gasteiger partial charge in [0.15, 0.2) is 0 Å². The van der Waals surface area contributed by atoms with Gasteiger partial charge in [0.05, 0.1) is 12.5 Å². The average molecular weight is 312 g/mol. The minimum Gasteiger partial charge on any atom is -0.352 e. The SMILES string of the molecule is CCCCC(CN)NC(=O)CC(NC(N)=O)c1cccs1. The summed E-state index contributed by atoms with van der Waals surface area (Å²) in [6.45, 7) is 2.51. The third kappa shape index (κ3) is 6.59. The Morgan fingerprint density at radius 1 is 1.38 bits per heavy atom. The van der Waals surface area contributed by atoms with Crippen LogP contribution in [0.2, 0.25) is 0 Å². The summed E-state index contributed by atoms with van der Waals surface area (Å²) in [4.78, 5) is 24.1. The minimum absolute atomic E-state index is 0.0185. The standard InChI is InChI=1S/C14H24N4O2S/c1-2-3-5-10(9-15)17-13(19)8-11(18-14(16)20)12-6-4-7-21-12/h4,6-7,10-11H,2-3,5,8-9,15H2,1H3,(H,17,19)(H3,16,18,20). The van der Waals surface area contributed by atoms with Crippen molar-refractivity contribution in [1.29, 1.82) is 0 Å². The highest BCUT2D eigenvalue weighted by molar-refractivity contribution is 7.10. The number of unbranched alkanes of at least 4 members (excludes halogenated alkanes) is 1. The van der Waals surface area contributed by atoms with Crippen LogP contribution in [0.15, 0.2) is 17.5 Å². The molecule has 1 rings (SSSR count). The third-order valence-electron chi connectivity index (χ3n) is 3.15. The van der Waals surface area contributed by atoms with Crippen LogP contribution in [0.4, 0.5) is 4.79 Å². The number of urea groups is 1. The number of primary amides is 1. The number of amides is 3. The van der Waals surface area contributed by atoms with Crippen LogP contribution >= 0.6 is 11.3 Å². The molecule has 0 aliphatic heterocycles. The Bertz CT molecular complexity index is 436. The fraction of sp³-hybridized carbons (Fsp3) is 0.571. The van der Waals surface area contributed by atoms with Gasteiger partial charge in [0.25, 0.3) is 0 Å². The molecule has 21 heavy (non-hydrogen) atoms. The van der Waals surface area contributed by atoms with Crippen molar-refractivity contribution < 1.29 is 9.59 Å². The first-order chi connectivity index (χ1) is 10.1. The smallest absolute Gasteiger partial charge is 0.312 e. The topological polar surface area (TPSA) is 110 Å². The Morgan fingerprint density at radius 2 is 2.14 bits per heavy atom. The van der Waals surface area contributed by atoms with Crippen molar-refractivity contribution in [2.75, 3.05) is 6.54 Å². The summed E-state index contributed by atoms with van der Waals surface area (Å²) in [6, 6.07) is 2.69. The van der Waals surface area contributed by atoms with E-state index in [-0.39, 0.29) is 18.4 Å². The van der Waals surface area contributed by atoms with E-state index in [9.17, 15) is 9.59 Å². The predicted molar refractivity (Wildman–Crippen MR) is 84.9 cm³/mol. The van der Waals surface area contributed by atoms with Crippen molar-refractivity contribution in [3.8, 4) is 0 Å². The molecule has 0 aliphatic rings. The quantitative estimate of drug-likeness (QED) is 0.554. The molecule has 2 atom stereocenters. The van der Waals surface area contributed by atoms with E-state index in [0.717, 1.165) is 24.1 Å². The van der Waals surface area contributed by atoms with Crippen molar-refractivity contribution in [2.24, 2.45) is 11.5 Å². The third-order valence-corrected chi connectivity index (χ3v) is 4.13. The van der Waals surface area contributed by atoms with Crippen LogP contribution in [0.3, 0.4) is 0 Å². The molecule has 118 valence electrons. The molecule has 1 aromatic heterocycles. The Hall–Kier alpha value is -1.60. The van der Waals surface area contributed by atoms with Crippen LogP contribution in [0.5, 0.6) is 0 Å². The Balaban J connectivity index is 2.57. The van der Waals surface area contributed by atoms with Gasteiger partial charge in [-0.2, -0.15) is 0 Å². The fourth-order valence-corrected chi connectivity index (χ4v) is 2.83. The number of nitrogens with two attached hydrogens (primary N) is 2. The molecule has 0 saturated carbocycles. The number of thiophene rings is 1. The molecule has 0 aromatic carbocycles. The molecule has 0 aliphatic carbocycles. The maximum atomic E-state index is 12.1. The van der Waals surface area contributed by atoms with E-state index in [1.807, 2.05) is 17.5 Å². The largest absolute Gasteiger partial charge is 0.352 e. The molecule has 1 aromatic rings. The first-order valence-corrected chi connectivity index (χ1v) is 8.03. The Kier molecular flexibility index (Phi) is 7.78. The van der Waals surface area contributed by atoms with Gasteiger partial charge in [-0.1, -0.05) is 25.8 Å². The lowest BCUT2D eigenvalue weighted by Gasteiger charge is -2.20. The van der Waals surface area contributed by atoms with E-state index in [1.165, 1.54) is 11.3 Å². The summed E-state index contributed by atoms with van der Waals surface area (Å²) >= 11 is 1.48. The lowest BCUT2D eigenvalue weighted by molar-refractivity contribution is -0.122.